The molecule has 2 atom stereocenters. The third-order valence-corrected chi connectivity index (χ3v) is 4.66. The van der Waals surface area contributed by atoms with Crippen LogP contribution in [0.4, 0.5) is 0 Å². The summed E-state index contributed by atoms with van der Waals surface area (Å²) in [6.07, 6.45) is 8.68. The number of amides is 1. The first kappa shape index (κ1) is 12.9. The molecule has 0 heterocycles. The molecule has 3 nitrogen and oxygen atoms in total. The molecular formula is C14H26N2O. The van der Waals surface area contributed by atoms with Crippen LogP contribution in [0.25, 0.3) is 0 Å². The molecule has 0 bridgehead atoms. The van der Waals surface area contributed by atoms with Crippen molar-refractivity contribution in [3.8, 4) is 0 Å². The molecule has 0 aromatic carbocycles. The number of hydrogen-bond donors (Lipinski definition) is 1. The van der Waals surface area contributed by atoms with Crippen LogP contribution in [-0.2, 0) is 4.79 Å². The summed E-state index contributed by atoms with van der Waals surface area (Å²) in [5, 5.41) is 0. The highest BCUT2D eigenvalue weighted by atomic mass is 16.2. The van der Waals surface area contributed by atoms with Gasteiger partial charge in [-0.05, 0) is 44.1 Å². The number of rotatable bonds is 4. The summed E-state index contributed by atoms with van der Waals surface area (Å²) in [6, 6.07) is 0. The fourth-order valence-corrected chi connectivity index (χ4v) is 3.60. The maximum absolute atomic E-state index is 12.4. The van der Waals surface area contributed by atoms with Gasteiger partial charge in [-0.25, -0.2) is 0 Å². The Hall–Kier alpha value is -0.570. The smallest absolute Gasteiger partial charge is 0.225 e. The van der Waals surface area contributed by atoms with Crippen LogP contribution in [0, 0.1) is 17.8 Å². The average molecular weight is 238 g/mol. The first-order valence-corrected chi connectivity index (χ1v) is 7.17. The van der Waals surface area contributed by atoms with Gasteiger partial charge in [0, 0.05) is 19.5 Å². The molecule has 0 radical (unpaired) electrons. The first-order valence-electron chi connectivity index (χ1n) is 7.17. The molecule has 2 aliphatic carbocycles. The normalized spacial score (nSPS) is 29.8. The summed E-state index contributed by atoms with van der Waals surface area (Å²) >= 11 is 0. The Bertz CT molecular complexity index is 261. The summed E-state index contributed by atoms with van der Waals surface area (Å²) in [6.45, 7) is 1.64. The van der Waals surface area contributed by atoms with Crippen molar-refractivity contribution in [2.24, 2.45) is 23.5 Å². The first-order chi connectivity index (χ1) is 8.22. The molecule has 2 N–H and O–H groups in total. The van der Waals surface area contributed by atoms with Crippen molar-refractivity contribution in [2.45, 2.75) is 44.9 Å². The highest BCUT2D eigenvalue weighted by Gasteiger charge is 2.34. The molecular weight excluding hydrogens is 212 g/mol. The molecule has 0 spiro atoms. The second-order valence-electron chi connectivity index (χ2n) is 5.90. The van der Waals surface area contributed by atoms with Crippen molar-refractivity contribution >= 4 is 5.91 Å². The molecule has 2 saturated carbocycles. The van der Waals surface area contributed by atoms with Crippen LogP contribution < -0.4 is 5.73 Å². The fraction of sp³-hybridized carbons (Fsp3) is 0.929. The minimum Gasteiger partial charge on any atom is -0.345 e. The van der Waals surface area contributed by atoms with Gasteiger partial charge in [0.05, 0.1) is 0 Å². The van der Waals surface area contributed by atoms with Crippen molar-refractivity contribution in [3.05, 3.63) is 0 Å². The molecule has 2 rings (SSSR count). The predicted octanol–water partition coefficient (Wildman–Crippen LogP) is 2.01. The van der Waals surface area contributed by atoms with E-state index in [1.165, 1.54) is 32.1 Å². The van der Waals surface area contributed by atoms with E-state index in [-0.39, 0.29) is 5.92 Å². The van der Waals surface area contributed by atoms with Gasteiger partial charge < -0.3 is 10.6 Å². The van der Waals surface area contributed by atoms with Gasteiger partial charge in [-0.15, -0.1) is 0 Å². The van der Waals surface area contributed by atoms with Crippen LogP contribution >= 0.6 is 0 Å². The Balaban J connectivity index is 1.85. The Kier molecular flexibility index (Phi) is 4.43. The van der Waals surface area contributed by atoms with Crippen LogP contribution in [0.15, 0.2) is 0 Å². The molecule has 98 valence electrons. The average Bonchev–Trinajstić information content (AvgIpc) is 2.97. The zero-order chi connectivity index (χ0) is 12.3. The predicted molar refractivity (Wildman–Crippen MR) is 69.5 cm³/mol. The summed E-state index contributed by atoms with van der Waals surface area (Å²) in [7, 11) is 1.98. The molecule has 17 heavy (non-hydrogen) atoms. The van der Waals surface area contributed by atoms with Gasteiger partial charge >= 0.3 is 0 Å². The topological polar surface area (TPSA) is 46.3 Å². The number of carbonyl (C=O) groups excluding carboxylic acids is 1. The van der Waals surface area contributed by atoms with Crippen LogP contribution in [0.3, 0.4) is 0 Å². The number of carbonyl (C=O) groups is 1. The molecule has 0 aromatic rings. The zero-order valence-corrected chi connectivity index (χ0v) is 11.0. The molecule has 1 amide bonds. The second-order valence-corrected chi connectivity index (χ2v) is 5.90. The van der Waals surface area contributed by atoms with Gasteiger partial charge in [0.15, 0.2) is 0 Å². The van der Waals surface area contributed by atoms with E-state index in [9.17, 15) is 4.79 Å². The largest absolute Gasteiger partial charge is 0.345 e. The van der Waals surface area contributed by atoms with Crippen molar-refractivity contribution in [3.63, 3.8) is 0 Å². The summed E-state index contributed by atoms with van der Waals surface area (Å²) in [5.41, 5.74) is 5.76. The Morgan fingerprint density at radius 3 is 2.53 bits per heavy atom. The molecule has 2 aliphatic rings. The van der Waals surface area contributed by atoms with E-state index < -0.39 is 0 Å². The minimum atomic E-state index is 0.214. The van der Waals surface area contributed by atoms with E-state index in [1.54, 1.807) is 0 Å². The molecule has 3 heteroatoms. The molecule has 0 saturated heterocycles. The Morgan fingerprint density at radius 2 is 1.88 bits per heavy atom. The van der Waals surface area contributed by atoms with E-state index in [2.05, 4.69) is 0 Å². The lowest BCUT2D eigenvalue weighted by Crippen LogP contribution is -2.38. The van der Waals surface area contributed by atoms with Crippen molar-refractivity contribution in [1.29, 1.82) is 0 Å². The molecule has 0 unspecified atom stereocenters. The van der Waals surface area contributed by atoms with E-state index in [0.717, 1.165) is 25.3 Å². The minimum absolute atomic E-state index is 0.214. The standard InChI is InChI=1S/C14H26N2O/c1-16(10-11-5-2-3-6-11)14(17)13-8-4-7-12(13)9-15/h11-13H,2-10,15H2,1H3/t12-,13-/m1/s1. The van der Waals surface area contributed by atoms with Crippen molar-refractivity contribution in [2.75, 3.05) is 20.1 Å². The van der Waals surface area contributed by atoms with Gasteiger partial charge in [-0.2, -0.15) is 0 Å². The maximum Gasteiger partial charge on any atom is 0.225 e. The van der Waals surface area contributed by atoms with Gasteiger partial charge in [-0.3, -0.25) is 4.79 Å². The van der Waals surface area contributed by atoms with Crippen LogP contribution in [0.1, 0.15) is 44.9 Å². The van der Waals surface area contributed by atoms with Crippen molar-refractivity contribution < 1.29 is 4.79 Å². The van der Waals surface area contributed by atoms with E-state index in [1.807, 2.05) is 11.9 Å². The second kappa shape index (κ2) is 5.85. The van der Waals surface area contributed by atoms with E-state index in [4.69, 9.17) is 5.73 Å². The lowest BCUT2D eigenvalue weighted by molar-refractivity contribution is -0.135. The van der Waals surface area contributed by atoms with Gasteiger partial charge in [0.25, 0.3) is 0 Å². The third-order valence-electron chi connectivity index (χ3n) is 4.66. The summed E-state index contributed by atoms with van der Waals surface area (Å²) in [5.74, 6) is 1.76. The van der Waals surface area contributed by atoms with E-state index in [0.29, 0.717) is 18.4 Å². The van der Waals surface area contributed by atoms with Gasteiger partial charge in [0.2, 0.25) is 5.91 Å². The maximum atomic E-state index is 12.4. The lowest BCUT2D eigenvalue weighted by Gasteiger charge is -2.26. The van der Waals surface area contributed by atoms with Gasteiger partial charge in [-0.1, -0.05) is 19.3 Å². The number of nitrogens with zero attached hydrogens (tertiary/aromatic N) is 1. The van der Waals surface area contributed by atoms with Crippen LogP contribution in [-0.4, -0.2) is 30.9 Å². The molecule has 0 aromatic heterocycles. The zero-order valence-electron chi connectivity index (χ0n) is 11.0. The Labute approximate surface area is 105 Å². The monoisotopic (exact) mass is 238 g/mol. The van der Waals surface area contributed by atoms with Gasteiger partial charge in [0.1, 0.15) is 0 Å². The van der Waals surface area contributed by atoms with Crippen molar-refractivity contribution in [1.82, 2.24) is 4.90 Å². The molecule has 0 aliphatic heterocycles. The Morgan fingerprint density at radius 1 is 1.18 bits per heavy atom. The molecule has 2 fully saturated rings. The van der Waals surface area contributed by atoms with Crippen LogP contribution in [0.5, 0.6) is 0 Å². The highest BCUT2D eigenvalue weighted by molar-refractivity contribution is 5.79. The quantitative estimate of drug-likeness (QED) is 0.814. The number of nitrogens with two attached hydrogens (primary N) is 1. The highest BCUT2D eigenvalue weighted by Crippen LogP contribution is 2.33. The number of hydrogen-bond acceptors (Lipinski definition) is 2. The van der Waals surface area contributed by atoms with E-state index >= 15 is 0 Å². The summed E-state index contributed by atoms with van der Waals surface area (Å²) < 4.78 is 0. The lowest BCUT2D eigenvalue weighted by atomic mass is 9.94. The van der Waals surface area contributed by atoms with Crippen LogP contribution in [0.2, 0.25) is 0 Å². The summed E-state index contributed by atoms with van der Waals surface area (Å²) in [4.78, 5) is 14.4. The fourth-order valence-electron chi connectivity index (χ4n) is 3.60. The third kappa shape index (κ3) is 3.01. The SMILES string of the molecule is CN(CC1CCCC1)C(=O)[C@@H]1CCC[C@@H]1CN.